The standard InChI is InChI=1S/C15H11N5O3/c21-20(22)13-6-2-4-8-15(13)23-14-7-3-1-5-12(14)9-18-19-10-16-17-11-19/h1-11H. The van der Waals surface area contributed by atoms with Gasteiger partial charge in [0, 0.05) is 11.6 Å². The van der Waals surface area contributed by atoms with Crippen LogP contribution in [0.2, 0.25) is 0 Å². The molecule has 8 heteroatoms. The van der Waals surface area contributed by atoms with Gasteiger partial charge in [-0.2, -0.15) is 5.10 Å². The predicted molar refractivity (Wildman–Crippen MR) is 82.6 cm³/mol. The highest BCUT2D eigenvalue weighted by molar-refractivity contribution is 5.83. The average Bonchev–Trinajstić information content (AvgIpc) is 3.08. The van der Waals surface area contributed by atoms with Gasteiger partial charge >= 0.3 is 5.69 Å². The fourth-order valence-corrected chi connectivity index (χ4v) is 1.88. The topological polar surface area (TPSA) is 95.4 Å². The third kappa shape index (κ3) is 3.38. The number of nitrogens with zero attached hydrogens (tertiary/aromatic N) is 5. The zero-order valence-electron chi connectivity index (χ0n) is 11.8. The van der Waals surface area contributed by atoms with Gasteiger partial charge in [-0.15, -0.1) is 10.2 Å². The molecule has 3 rings (SSSR count). The third-order valence-electron chi connectivity index (χ3n) is 2.94. The van der Waals surface area contributed by atoms with Gasteiger partial charge in [-0.3, -0.25) is 10.1 Å². The number of rotatable bonds is 5. The van der Waals surface area contributed by atoms with Gasteiger partial charge in [-0.1, -0.05) is 24.3 Å². The Bertz CT molecular complexity index is 846. The van der Waals surface area contributed by atoms with E-state index in [9.17, 15) is 10.1 Å². The maximum atomic E-state index is 11.1. The molecule has 23 heavy (non-hydrogen) atoms. The lowest BCUT2D eigenvalue weighted by atomic mass is 10.2. The van der Waals surface area contributed by atoms with Crippen molar-refractivity contribution < 1.29 is 9.66 Å². The lowest BCUT2D eigenvalue weighted by molar-refractivity contribution is -0.385. The number of nitro benzene ring substituents is 1. The molecule has 1 heterocycles. The molecular formula is C15H11N5O3. The number of aromatic nitrogens is 3. The van der Waals surface area contributed by atoms with Crippen molar-refractivity contribution >= 4 is 11.9 Å². The average molecular weight is 309 g/mol. The van der Waals surface area contributed by atoms with E-state index in [1.807, 2.05) is 6.07 Å². The van der Waals surface area contributed by atoms with Crippen LogP contribution in [-0.2, 0) is 0 Å². The van der Waals surface area contributed by atoms with Crippen LogP contribution in [0, 0.1) is 10.1 Å². The van der Waals surface area contributed by atoms with Gasteiger partial charge in [0.05, 0.1) is 11.1 Å². The van der Waals surface area contributed by atoms with Crippen LogP contribution in [0.15, 0.2) is 66.3 Å². The third-order valence-corrected chi connectivity index (χ3v) is 2.94. The SMILES string of the molecule is O=[N+]([O-])c1ccccc1Oc1ccccc1C=Nn1cnnc1. The Morgan fingerprint density at radius 3 is 2.43 bits per heavy atom. The molecule has 0 atom stereocenters. The fraction of sp³-hybridized carbons (Fsp3) is 0. The zero-order chi connectivity index (χ0) is 16.1. The van der Waals surface area contributed by atoms with Crippen LogP contribution in [0.3, 0.4) is 0 Å². The van der Waals surface area contributed by atoms with E-state index in [1.54, 1.807) is 42.6 Å². The quantitative estimate of drug-likeness (QED) is 0.410. The first kappa shape index (κ1) is 14.4. The van der Waals surface area contributed by atoms with Crippen LogP contribution in [0.5, 0.6) is 11.5 Å². The van der Waals surface area contributed by atoms with Crippen LogP contribution in [0.4, 0.5) is 5.69 Å². The molecule has 0 bridgehead atoms. The number of nitro groups is 1. The maximum Gasteiger partial charge on any atom is 0.311 e. The molecule has 0 N–H and O–H groups in total. The van der Waals surface area contributed by atoms with Crippen molar-refractivity contribution in [3.63, 3.8) is 0 Å². The first-order valence-corrected chi connectivity index (χ1v) is 6.63. The molecule has 1 aromatic heterocycles. The van der Waals surface area contributed by atoms with Gasteiger partial charge in [-0.05, 0) is 18.2 Å². The minimum Gasteiger partial charge on any atom is -0.449 e. The predicted octanol–water partition coefficient (Wildman–Crippen LogP) is 2.86. The summed E-state index contributed by atoms with van der Waals surface area (Å²) in [7, 11) is 0. The van der Waals surface area contributed by atoms with E-state index in [2.05, 4.69) is 15.3 Å². The van der Waals surface area contributed by atoms with Gasteiger partial charge in [0.25, 0.3) is 0 Å². The number of hydrogen-bond donors (Lipinski definition) is 0. The second-order valence-electron chi connectivity index (χ2n) is 4.45. The molecule has 0 unspecified atom stereocenters. The maximum absolute atomic E-state index is 11.1. The largest absolute Gasteiger partial charge is 0.449 e. The summed E-state index contributed by atoms with van der Waals surface area (Å²) in [5.41, 5.74) is 0.567. The Kier molecular flexibility index (Phi) is 4.05. The Morgan fingerprint density at radius 2 is 1.70 bits per heavy atom. The monoisotopic (exact) mass is 309 g/mol. The summed E-state index contributed by atoms with van der Waals surface area (Å²) in [5, 5.41) is 22.5. The summed E-state index contributed by atoms with van der Waals surface area (Å²) >= 11 is 0. The molecule has 0 saturated heterocycles. The number of para-hydroxylation sites is 3. The van der Waals surface area contributed by atoms with Crippen molar-refractivity contribution in [2.24, 2.45) is 5.10 Å². The van der Waals surface area contributed by atoms with Crippen molar-refractivity contribution in [2.75, 3.05) is 0 Å². The first-order valence-electron chi connectivity index (χ1n) is 6.63. The zero-order valence-corrected chi connectivity index (χ0v) is 11.8. The molecular weight excluding hydrogens is 298 g/mol. The van der Waals surface area contributed by atoms with Crippen LogP contribution in [0.25, 0.3) is 0 Å². The molecule has 8 nitrogen and oxygen atoms in total. The van der Waals surface area contributed by atoms with E-state index in [0.29, 0.717) is 11.3 Å². The Morgan fingerprint density at radius 1 is 1.04 bits per heavy atom. The molecule has 3 aromatic rings. The molecule has 0 fully saturated rings. The van der Waals surface area contributed by atoms with Crippen LogP contribution in [0.1, 0.15) is 5.56 Å². The molecule has 2 aromatic carbocycles. The Labute approximate surface area is 130 Å². The highest BCUT2D eigenvalue weighted by Crippen LogP contribution is 2.31. The summed E-state index contributed by atoms with van der Waals surface area (Å²) in [4.78, 5) is 10.6. The smallest absolute Gasteiger partial charge is 0.311 e. The second-order valence-corrected chi connectivity index (χ2v) is 4.45. The molecule has 0 amide bonds. The van der Waals surface area contributed by atoms with Crippen molar-refractivity contribution in [3.05, 3.63) is 76.9 Å². The normalized spacial score (nSPS) is 10.8. The Balaban J connectivity index is 1.91. The van der Waals surface area contributed by atoms with Crippen LogP contribution >= 0.6 is 0 Å². The van der Waals surface area contributed by atoms with Gasteiger partial charge in [-0.25, -0.2) is 4.68 Å². The molecule has 0 aliphatic carbocycles. The molecule has 0 saturated carbocycles. The van der Waals surface area contributed by atoms with E-state index < -0.39 is 4.92 Å². The van der Waals surface area contributed by atoms with Crippen molar-refractivity contribution in [1.29, 1.82) is 0 Å². The number of benzene rings is 2. The summed E-state index contributed by atoms with van der Waals surface area (Å²) in [6.07, 6.45) is 4.46. The lowest BCUT2D eigenvalue weighted by Gasteiger charge is -2.08. The Hall–Kier alpha value is -3.55. The minimum absolute atomic E-state index is 0.0990. The molecule has 0 spiro atoms. The highest BCUT2D eigenvalue weighted by atomic mass is 16.6. The van der Waals surface area contributed by atoms with Gasteiger partial charge < -0.3 is 4.74 Å². The van der Waals surface area contributed by atoms with Gasteiger partial charge in [0.2, 0.25) is 5.75 Å². The number of ether oxygens (including phenoxy) is 1. The van der Waals surface area contributed by atoms with Crippen molar-refractivity contribution in [3.8, 4) is 11.5 Å². The van der Waals surface area contributed by atoms with E-state index in [1.165, 1.54) is 23.4 Å². The van der Waals surface area contributed by atoms with E-state index >= 15 is 0 Å². The molecule has 0 aliphatic rings. The van der Waals surface area contributed by atoms with Gasteiger partial charge in [0.1, 0.15) is 18.4 Å². The summed E-state index contributed by atoms with van der Waals surface area (Å²) in [5.74, 6) is 0.626. The van der Waals surface area contributed by atoms with E-state index in [-0.39, 0.29) is 11.4 Å². The first-order chi connectivity index (χ1) is 11.2. The summed E-state index contributed by atoms with van der Waals surface area (Å²) < 4.78 is 7.13. The summed E-state index contributed by atoms with van der Waals surface area (Å²) in [6, 6.07) is 13.3. The van der Waals surface area contributed by atoms with E-state index in [0.717, 1.165) is 0 Å². The number of hydrogen-bond acceptors (Lipinski definition) is 6. The lowest BCUT2D eigenvalue weighted by Crippen LogP contribution is -1.96. The van der Waals surface area contributed by atoms with Crippen LogP contribution < -0.4 is 4.74 Å². The molecule has 0 aliphatic heterocycles. The van der Waals surface area contributed by atoms with Crippen molar-refractivity contribution in [1.82, 2.24) is 14.9 Å². The highest BCUT2D eigenvalue weighted by Gasteiger charge is 2.15. The van der Waals surface area contributed by atoms with Crippen molar-refractivity contribution in [2.45, 2.75) is 0 Å². The second kappa shape index (κ2) is 6.48. The molecule has 114 valence electrons. The summed E-state index contributed by atoms with van der Waals surface area (Å²) in [6.45, 7) is 0. The van der Waals surface area contributed by atoms with Gasteiger partial charge in [0.15, 0.2) is 0 Å². The minimum atomic E-state index is -0.483. The molecule has 0 radical (unpaired) electrons. The fourth-order valence-electron chi connectivity index (χ4n) is 1.88. The van der Waals surface area contributed by atoms with E-state index in [4.69, 9.17) is 4.74 Å². The van der Waals surface area contributed by atoms with Crippen LogP contribution in [-0.4, -0.2) is 26.0 Å².